The van der Waals surface area contributed by atoms with E-state index in [0.717, 1.165) is 12.1 Å². The smallest absolute Gasteiger partial charge is 0.418 e. The van der Waals surface area contributed by atoms with Crippen LogP contribution in [0.2, 0.25) is 0 Å². The van der Waals surface area contributed by atoms with Crippen LogP contribution in [-0.4, -0.2) is 24.2 Å². The van der Waals surface area contributed by atoms with Gasteiger partial charge in [-0.3, -0.25) is 4.79 Å². The van der Waals surface area contributed by atoms with Crippen LogP contribution in [0.4, 0.5) is 18.9 Å². The largest absolute Gasteiger partial charge is 0.481 e. The quantitative estimate of drug-likeness (QED) is 0.912. The van der Waals surface area contributed by atoms with Crippen LogP contribution in [0.15, 0.2) is 18.2 Å². The number of benzene rings is 1. The zero-order valence-electron chi connectivity index (χ0n) is 11.0. The topological polar surface area (TPSA) is 64.3 Å². The molecule has 0 unspecified atom stereocenters. The standard InChI is InChI=1S/C14H13F3N2O2/c15-14(16,17)11-2-1-9(8-18)7-12(11)19-5-3-10(4-6-19)13(20)21/h1-2,7,10H,3-6H2,(H,20,21). The van der Waals surface area contributed by atoms with Gasteiger partial charge in [0.05, 0.1) is 28.8 Å². The Morgan fingerprint density at radius 3 is 2.43 bits per heavy atom. The third-order valence-corrected chi connectivity index (χ3v) is 3.62. The second-order valence-electron chi connectivity index (χ2n) is 4.94. The molecule has 1 aliphatic rings. The lowest BCUT2D eigenvalue weighted by Crippen LogP contribution is -2.37. The average molecular weight is 298 g/mol. The molecule has 112 valence electrons. The van der Waals surface area contributed by atoms with Crippen LogP contribution in [0.5, 0.6) is 0 Å². The number of aliphatic carboxylic acids is 1. The summed E-state index contributed by atoms with van der Waals surface area (Å²) in [6.07, 6.45) is -3.92. The molecule has 21 heavy (non-hydrogen) atoms. The summed E-state index contributed by atoms with van der Waals surface area (Å²) in [6.45, 7) is 0.462. The Kier molecular flexibility index (Phi) is 4.07. The maximum Gasteiger partial charge on any atom is 0.418 e. The van der Waals surface area contributed by atoms with E-state index in [0.29, 0.717) is 12.8 Å². The number of rotatable bonds is 2. The second-order valence-corrected chi connectivity index (χ2v) is 4.94. The van der Waals surface area contributed by atoms with Crippen LogP contribution in [0.1, 0.15) is 24.0 Å². The normalized spacial score (nSPS) is 16.6. The molecule has 1 N–H and O–H groups in total. The predicted molar refractivity (Wildman–Crippen MR) is 68.7 cm³/mol. The Bertz CT molecular complexity index is 585. The summed E-state index contributed by atoms with van der Waals surface area (Å²) < 4.78 is 39.1. The van der Waals surface area contributed by atoms with Crippen molar-refractivity contribution in [2.75, 3.05) is 18.0 Å². The monoisotopic (exact) mass is 298 g/mol. The van der Waals surface area contributed by atoms with Gasteiger partial charge in [0.25, 0.3) is 0 Å². The minimum atomic E-state index is -4.51. The fourth-order valence-corrected chi connectivity index (χ4v) is 2.47. The number of piperidine rings is 1. The molecule has 2 rings (SSSR count). The highest BCUT2D eigenvalue weighted by atomic mass is 19.4. The highest BCUT2D eigenvalue weighted by Gasteiger charge is 2.36. The molecule has 0 saturated carbocycles. The molecule has 1 fully saturated rings. The van der Waals surface area contributed by atoms with Gasteiger partial charge in [0.1, 0.15) is 0 Å². The number of carboxylic acid groups (broad SMARTS) is 1. The van der Waals surface area contributed by atoms with E-state index in [4.69, 9.17) is 10.4 Å². The number of hydrogen-bond acceptors (Lipinski definition) is 3. The van der Waals surface area contributed by atoms with Crippen molar-refractivity contribution in [3.8, 4) is 6.07 Å². The number of carboxylic acids is 1. The average Bonchev–Trinajstić information content (AvgIpc) is 2.45. The molecule has 0 aromatic heterocycles. The van der Waals surface area contributed by atoms with E-state index in [2.05, 4.69) is 0 Å². The third kappa shape index (κ3) is 3.27. The molecule has 7 heteroatoms. The van der Waals surface area contributed by atoms with Crippen molar-refractivity contribution in [1.82, 2.24) is 0 Å². The van der Waals surface area contributed by atoms with E-state index in [1.807, 2.05) is 6.07 Å². The summed E-state index contributed by atoms with van der Waals surface area (Å²) >= 11 is 0. The zero-order valence-corrected chi connectivity index (χ0v) is 11.0. The molecule has 0 spiro atoms. The zero-order chi connectivity index (χ0) is 15.6. The summed E-state index contributed by atoms with van der Waals surface area (Å²) in [5, 5.41) is 17.8. The Labute approximate surface area is 119 Å². The van der Waals surface area contributed by atoms with Crippen molar-refractivity contribution in [2.45, 2.75) is 19.0 Å². The number of nitrogens with zero attached hydrogens (tertiary/aromatic N) is 2. The van der Waals surface area contributed by atoms with Crippen molar-refractivity contribution in [3.05, 3.63) is 29.3 Å². The van der Waals surface area contributed by atoms with Gasteiger partial charge >= 0.3 is 12.1 Å². The number of alkyl halides is 3. The highest BCUT2D eigenvalue weighted by Crippen LogP contribution is 2.38. The lowest BCUT2D eigenvalue weighted by atomic mass is 9.96. The number of carbonyl (C=O) groups is 1. The molecule has 1 aromatic rings. The fourth-order valence-electron chi connectivity index (χ4n) is 2.47. The number of halogens is 3. The van der Waals surface area contributed by atoms with E-state index >= 15 is 0 Å². The van der Waals surface area contributed by atoms with Crippen LogP contribution in [0.25, 0.3) is 0 Å². The lowest BCUT2D eigenvalue weighted by molar-refractivity contribution is -0.142. The molecule has 0 radical (unpaired) electrons. The summed E-state index contributed by atoms with van der Waals surface area (Å²) in [4.78, 5) is 12.4. The summed E-state index contributed by atoms with van der Waals surface area (Å²) in [6, 6.07) is 5.07. The van der Waals surface area contributed by atoms with Crippen LogP contribution in [0, 0.1) is 17.2 Å². The van der Waals surface area contributed by atoms with Crippen molar-refractivity contribution < 1.29 is 23.1 Å². The molecule has 0 amide bonds. The predicted octanol–water partition coefficient (Wildman–Crippen LogP) is 2.88. The van der Waals surface area contributed by atoms with Gasteiger partial charge < -0.3 is 10.0 Å². The Morgan fingerprint density at radius 1 is 1.33 bits per heavy atom. The maximum absolute atomic E-state index is 13.0. The van der Waals surface area contributed by atoms with E-state index in [-0.39, 0.29) is 24.3 Å². The minimum absolute atomic E-state index is 0.0506. The van der Waals surface area contributed by atoms with Gasteiger partial charge in [-0.2, -0.15) is 18.4 Å². The molecule has 1 heterocycles. The van der Waals surface area contributed by atoms with Crippen LogP contribution < -0.4 is 4.90 Å². The van der Waals surface area contributed by atoms with Crippen molar-refractivity contribution in [2.24, 2.45) is 5.92 Å². The van der Waals surface area contributed by atoms with E-state index < -0.39 is 23.6 Å². The molecule has 1 aliphatic heterocycles. The van der Waals surface area contributed by atoms with Crippen LogP contribution in [0.3, 0.4) is 0 Å². The number of anilines is 1. The van der Waals surface area contributed by atoms with Gasteiger partial charge in [0.15, 0.2) is 0 Å². The fraction of sp³-hybridized carbons (Fsp3) is 0.429. The first-order chi connectivity index (χ1) is 9.82. The summed E-state index contributed by atoms with van der Waals surface area (Å²) in [5.41, 5.74) is -0.695. The Hall–Kier alpha value is -2.23. The second kappa shape index (κ2) is 5.64. The van der Waals surface area contributed by atoms with E-state index in [9.17, 15) is 18.0 Å². The van der Waals surface area contributed by atoms with Crippen molar-refractivity contribution >= 4 is 11.7 Å². The molecule has 0 aliphatic carbocycles. The first kappa shape index (κ1) is 15.2. The molecule has 4 nitrogen and oxygen atoms in total. The maximum atomic E-state index is 13.0. The molecular weight excluding hydrogens is 285 g/mol. The van der Waals surface area contributed by atoms with E-state index in [1.165, 1.54) is 11.0 Å². The lowest BCUT2D eigenvalue weighted by Gasteiger charge is -2.33. The van der Waals surface area contributed by atoms with E-state index in [1.54, 1.807) is 0 Å². The van der Waals surface area contributed by atoms with Gasteiger partial charge in [-0.05, 0) is 31.0 Å². The molecule has 0 bridgehead atoms. The number of nitriles is 1. The van der Waals surface area contributed by atoms with Gasteiger partial charge in [0.2, 0.25) is 0 Å². The molecule has 1 aromatic carbocycles. The Balaban J connectivity index is 2.31. The molecule has 0 atom stereocenters. The summed E-state index contributed by atoms with van der Waals surface area (Å²) in [7, 11) is 0. The van der Waals surface area contributed by atoms with Gasteiger partial charge in [-0.1, -0.05) is 0 Å². The highest BCUT2D eigenvalue weighted by molar-refractivity contribution is 5.70. The SMILES string of the molecule is N#Cc1ccc(C(F)(F)F)c(N2CCC(C(=O)O)CC2)c1. The van der Waals surface area contributed by atoms with Crippen molar-refractivity contribution in [3.63, 3.8) is 0 Å². The van der Waals surface area contributed by atoms with Gasteiger partial charge in [-0.15, -0.1) is 0 Å². The van der Waals surface area contributed by atoms with Gasteiger partial charge in [-0.25, -0.2) is 0 Å². The Morgan fingerprint density at radius 2 is 1.95 bits per heavy atom. The molecule has 1 saturated heterocycles. The first-order valence-corrected chi connectivity index (χ1v) is 6.42. The van der Waals surface area contributed by atoms with Gasteiger partial charge in [0, 0.05) is 13.1 Å². The van der Waals surface area contributed by atoms with Crippen molar-refractivity contribution in [1.29, 1.82) is 5.26 Å². The molecular formula is C14H13F3N2O2. The number of hydrogen-bond donors (Lipinski definition) is 1. The summed E-state index contributed by atoms with van der Waals surface area (Å²) in [5.74, 6) is -1.44. The third-order valence-electron chi connectivity index (χ3n) is 3.62. The van der Waals surface area contributed by atoms with Crippen LogP contribution >= 0.6 is 0 Å². The minimum Gasteiger partial charge on any atom is -0.481 e. The first-order valence-electron chi connectivity index (χ1n) is 6.42. The van der Waals surface area contributed by atoms with Crippen LogP contribution in [-0.2, 0) is 11.0 Å².